The number of unbranched alkanes of at least 4 members (excludes halogenated alkanes) is 1. The van der Waals surface area contributed by atoms with Crippen LogP contribution in [0.2, 0.25) is 0 Å². The van der Waals surface area contributed by atoms with E-state index in [1.165, 1.54) is 5.56 Å². The molecule has 3 heterocycles. The Balaban J connectivity index is 1.38. The van der Waals surface area contributed by atoms with E-state index in [4.69, 9.17) is 14.5 Å². The minimum Gasteiger partial charge on any atom is -0.488 e. The van der Waals surface area contributed by atoms with Gasteiger partial charge in [-0.15, -0.1) is 6.58 Å². The number of Topliss-reactive ketones (excluding diaryl/α,β-unsaturated/α-hetero) is 2. The SMILES string of the molecule is C=C[C@@H]1C[C@]1(CC(=O)[C@@H]1C[C@@H]2CN1C(=O)[C@H](CCCC)CC(=O)OCCCCCCc1ccc3nc(-c4ccccc4)cc(c3c1)O2)C(C)=O. The first-order valence-corrected chi connectivity index (χ1v) is 18.5. The summed E-state index contributed by atoms with van der Waals surface area (Å²) in [6.45, 7) is 8.02. The van der Waals surface area contributed by atoms with Crippen molar-refractivity contribution < 1.29 is 28.7 Å². The quantitative estimate of drug-likeness (QED) is 0.168. The van der Waals surface area contributed by atoms with Gasteiger partial charge in [-0.3, -0.25) is 19.2 Å². The van der Waals surface area contributed by atoms with E-state index in [2.05, 4.69) is 25.6 Å². The Morgan fingerprint density at radius 1 is 1.06 bits per heavy atom. The van der Waals surface area contributed by atoms with Crippen molar-refractivity contribution in [1.29, 1.82) is 0 Å². The summed E-state index contributed by atoms with van der Waals surface area (Å²) in [5.41, 5.74) is 2.99. The zero-order chi connectivity index (χ0) is 35.3. The summed E-state index contributed by atoms with van der Waals surface area (Å²) < 4.78 is 12.4. The Labute approximate surface area is 295 Å². The summed E-state index contributed by atoms with van der Waals surface area (Å²) in [5.74, 6) is -0.751. The average Bonchev–Trinajstić information content (AvgIpc) is 3.68. The number of esters is 1. The highest BCUT2D eigenvalue weighted by Gasteiger charge is 2.58. The molecule has 1 saturated heterocycles. The van der Waals surface area contributed by atoms with Gasteiger partial charge in [-0.05, 0) is 62.6 Å². The molecule has 2 fully saturated rings. The minimum atomic E-state index is -0.766. The fourth-order valence-corrected chi connectivity index (χ4v) is 7.90. The maximum absolute atomic E-state index is 14.4. The number of ketones is 2. The third-order valence-electron chi connectivity index (χ3n) is 11.0. The number of benzene rings is 2. The number of aromatic nitrogens is 1. The lowest BCUT2D eigenvalue weighted by molar-refractivity contribution is -0.150. The molecule has 50 heavy (non-hydrogen) atoms. The molecule has 0 spiro atoms. The first kappa shape index (κ1) is 35.5. The topological polar surface area (TPSA) is 103 Å². The van der Waals surface area contributed by atoms with Gasteiger partial charge >= 0.3 is 5.97 Å². The summed E-state index contributed by atoms with van der Waals surface area (Å²) in [4.78, 5) is 61.1. The normalized spacial score (nSPS) is 26.0. The number of rotatable bonds is 9. The summed E-state index contributed by atoms with van der Waals surface area (Å²) in [7, 11) is 0. The molecule has 0 N–H and O–H groups in total. The van der Waals surface area contributed by atoms with Crippen molar-refractivity contribution in [2.75, 3.05) is 13.2 Å². The van der Waals surface area contributed by atoms with Crippen molar-refractivity contribution in [1.82, 2.24) is 9.88 Å². The molecule has 1 aliphatic carbocycles. The van der Waals surface area contributed by atoms with Crippen LogP contribution in [0.25, 0.3) is 22.2 Å². The molecule has 264 valence electrons. The van der Waals surface area contributed by atoms with Gasteiger partial charge in [0, 0.05) is 41.2 Å². The smallest absolute Gasteiger partial charge is 0.306 e. The fraction of sp³-hybridized carbons (Fsp3) is 0.500. The number of ether oxygens (including phenoxy) is 2. The minimum absolute atomic E-state index is 0.0189. The van der Waals surface area contributed by atoms with Crippen LogP contribution in [0.15, 0.2) is 67.3 Å². The van der Waals surface area contributed by atoms with E-state index in [0.717, 1.165) is 67.1 Å². The van der Waals surface area contributed by atoms with Crippen LogP contribution in [0.3, 0.4) is 0 Å². The summed E-state index contributed by atoms with van der Waals surface area (Å²) >= 11 is 0. The van der Waals surface area contributed by atoms with E-state index in [1.54, 1.807) is 17.9 Å². The highest BCUT2D eigenvalue weighted by Crippen LogP contribution is 2.57. The van der Waals surface area contributed by atoms with Crippen LogP contribution < -0.4 is 4.74 Å². The maximum Gasteiger partial charge on any atom is 0.306 e. The molecular formula is C42H50N2O6. The summed E-state index contributed by atoms with van der Waals surface area (Å²) in [5, 5.41) is 0.898. The highest BCUT2D eigenvalue weighted by atomic mass is 16.5. The molecule has 2 aliphatic heterocycles. The standard InChI is InChI=1S/C42H50N2O6/c1-4-6-15-31-22-40(47)49-20-13-8-7-10-14-29-18-19-35-34(21-29)39(24-36(43-35)30-16-11-9-12-17-30)50-33-23-37(44(27-33)41(31)48)38(46)26-42(28(3)45)25-32(42)5-2/h5,9,11-12,16-19,21,24,31-33,37H,2,4,6-8,10,13-15,20,22-23,25-27H2,1,3H3/t31-,32-,33-,37+,42+/m1/s1. The number of fused-ring (bicyclic) bond motifs is 3. The van der Waals surface area contributed by atoms with Gasteiger partial charge in [0.05, 0.1) is 36.8 Å². The van der Waals surface area contributed by atoms with Crippen LogP contribution in [0.4, 0.5) is 0 Å². The lowest BCUT2D eigenvalue weighted by Gasteiger charge is -2.28. The van der Waals surface area contributed by atoms with E-state index in [-0.39, 0.29) is 48.7 Å². The Kier molecular flexibility index (Phi) is 11.1. The molecule has 0 radical (unpaired) electrons. The van der Waals surface area contributed by atoms with Gasteiger partial charge in [0.2, 0.25) is 5.91 Å². The lowest BCUT2D eigenvalue weighted by Crippen LogP contribution is -2.45. The molecular weight excluding hydrogens is 628 g/mol. The monoisotopic (exact) mass is 678 g/mol. The number of pyridine rings is 1. The highest BCUT2D eigenvalue weighted by molar-refractivity contribution is 5.97. The number of allylic oxidation sites excluding steroid dienone is 1. The molecule has 2 aromatic carbocycles. The molecule has 1 amide bonds. The van der Waals surface area contributed by atoms with Gasteiger partial charge in [0.1, 0.15) is 17.6 Å². The number of cyclic esters (lactones) is 1. The first-order valence-electron chi connectivity index (χ1n) is 18.5. The van der Waals surface area contributed by atoms with Crippen molar-refractivity contribution >= 4 is 34.3 Å². The molecule has 4 bridgehead atoms. The number of carbonyl (C=O) groups excluding carboxylic acids is 4. The number of hydrogen-bond donors (Lipinski definition) is 0. The molecule has 6 rings (SSSR count). The Morgan fingerprint density at radius 3 is 2.60 bits per heavy atom. The summed E-state index contributed by atoms with van der Waals surface area (Å²) in [6, 6.07) is 17.5. The number of nitrogens with zero attached hydrogens (tertiary/aromatic N) is 2. The van der Waals surface area contributed by atoms with E-state index in [9.17, 15) is 19.2 Å². The molecule has 8 nitrogen and oxygen atoms in total. The third-order valence-corrected chi connectivity index (χ3v) is 11.0. The molecule has 3 aromatic rings. The Bertz CT molecular complexity index is 1740. The van der Waals surface area contributed by atoms with Crippen LogP contribution >= 0.6 is 0 Å². The number of carbonyl (C=O) groups is 4. The third kappa shape index (κ3) is 7.85. The number of aryl methyl sites for hydroxylation is 1. The Hall–Kier alpha value is -4.33. The summed E-state index contributed by atoms with van der Waals surface area (Å²) in [6.07, 6.45) is 9.04. The number of hydrogen-bond acceptors (Lipinski definition) is 7. The van der Waals surface area contributed by atoms with Crippen LogP contribution in [-0.4, -0.2) is 58.6 Å². The van der Waals surface area contributed by atoms with Gasteiger partial charge in [-0.1, -0.05) is 75.1 Å². The molecule has 5 atom stereocenters. The van der Waals surface area contributed by atoms with Crippen LogP contribution in [-0.2, 0) is 30.3 Å². The van der Waals surface area contributed by atoms with E-state index < -0.39 is 23.5 Å². The van der Waals surface area contributed by atoms with Crippen molar-refractivity contribution in [3.63, 3.8) is 0 Å². The van der Waals surface area contributed by atoms with Gasteiger partial charge < -0.3 is 14.4 Å². The van der Waals surface area contributed by atoms with E-state index >= 15 is 0 Å². The van der Waals surface area contributed by atoms with Gasteiger partial charge in [-0.25, -0.2) is 4.98 Å². The van der Waals surface area contributed by atoms with E-state index in [0.29, 0.717) is 31.6 Å². The second-order valence-corrected chi connectivity index (χ2v) is 14.5. The molecule has 1 saturated carbocycles. The van der Waals surface area contributed by atoms with Crippen molar-refractivity contribution in [3.05, 3.63) is 72.8 Å². The fourth-order valence-electron chi connectivity index (χ4n) is 7.90. The van der Waals surface area contributed by atoms with Gasteiger partial charge in [0.25, 0.3) is 0 Å². The predicted molar refractivity (Wildman–Crippen MR) is 194 cm³/mol. The second kappa shape index (κ2) is 15.7. The van der Waals surface area contributed by atoms with Gasteiger partial charge in [-0.2, -0.15) is 0 Å². The predicted octanol–water partition coefficient (Wildman–Crippen LogP) is 7.85. The zero-order valence-corrected chi connectivity index (χ0v) is 29.5. The Morgan fingerprint density at radius 2 is 1.86 bits per heavy atom. The van der Waals surface area contributed by atoms with Crippen LogP contribution in [0, 0.1) is 17.3 Å². The zero-order valence-electron chi connectivity index (χ0n) is 29.5. The lowest BCUT2D eigenvalue weighted by atomic mass is 9.88. The van der Waals surface area contributed by atoms with Crippen molar-refractivity contribution in [3.8, 4) is 17.0 Å². The van der Waals surface area contributed by atoms with Crippen LogP contribution in [0.5, 0.6) is 5.75 Å². The van der Waals surface area contributed by atoms with Crippen molar-refractivity contribution in [2.24, 2.45) is 17.3 Å². The second-order valence-electron chi connectivity index (χ2n) is 14.5. The van der Waals surface area contributed by atoms with Gasteiger partial charge in [0.15, 0.2) is 5.78 Å². The number of amides is 1. The molecule has 3 aliphatic rings. The molecule has 8 heteroatoms. The van der Waals surface area contributed by atoms with Crippen LogP contribution in [0.1, 0.15) is 90.0 Å². The average molecular weight is 679 g/mol. The maximum atomic E-state index is 14.4. The molecule has 0 unspecified atom stereocenters. The largest absolute Gasteiger partial charge is 0.488 e. The molecule has 1 aromatic heterocycles. The first-order chi connectivity index (χ1) is 24.2. The van der Waals surface area contributed by atoms with Crippen molar-refractivity contribution in [2.45, 2.75) is 103 Å². The van der Waals surface area contributed by atoms with E-state index in [1.807, 2.05) is 42.5 Å².